The zero-order valence-corrected chi connectivity index (χ0v) is 9.16. The van der Waals surface area contributed by atoms with E-state index in [1.165, 1.54) is 32.6 Å². The highest BCUT2D eigenvalue weighted by atomic mass is 15.3. The minimum atomic E-state index is 0.740. The van der Waals surface area contributed by atoms with Gasteiger partial charge in [-0.1, -0.05) is 6.92 Å². The van der Waals surface area contributed by atoms with Gasteiger partial charge in [-0.3, -0.25) is 9.80 Å². The number of nitrogens with zero attached hydrogens (tertiary/aromatic N) is 2. The van der Waals surface area contributed by atoms with Gasteiger partial charge in [0.05, 0.1) is 0 Å². The molecule has 2 aliphatic rings. The van der Waals surface area contributed by atoms with Crippen molar-refractivity contribution in [1.82, 2.24) is 9.80 Å². The minimum absolute atomic E-state index is 0.740. The van der Waals surface area contributed by atoms with E-state index in [0.717, 1.165) is 18.0 Å². The van der Waals surface area contributed by atoms with Crippen molar-refractivity contribution in [2.24, 2.45) is 5.92 Å². The third-order valence-electron chi connectivity index (χ3n) is 3.53. The summed E-state index contributed by atoms with van der Waals surface area (Å²) in [5.41, 5.74) is 0. The van der Waals surface area contributed by atoms with Crippen molar-refractivity contribution in [2.75, 3.05) is 26.2 Å². The lowest BCUT2D eigenvalue weighted by molar-refractivity contribution is 0.0638. The van der Waals surface area contributed by atoms with Crippen LogP contribution >= 0.6 is 0 Å². The van der Waals surface area contributed by atoms with Crippen molar-refractivity contribution < 1.29 is 0 Å². The maximum Gasteiger partial charge on any atom is 0.0235 e. The second-order valence-electron chi connectivity index (χ2n) is 5.09. The topological polar surface area (TPSA) is 6.48 Å². The summed E-state index contributed by atoms with van der Waals surface area (Å²) in [4.78, 5) is 5.26. The zero-order chi connectivity index (χ0) is 9.42. The van der Waals surface area contributed by atoms with Gasteiger partial charge in [0.25, 0.3) is 0 Å². The molecule has 0 spiro atoms. The highest BCUT2D eigenvalue weighted by Crippen LogP contribution is 2.24. The molecule has 2 nitrogen and oxygen atoms in total. The van der Waals surface area contributed by atoms with Crippen LogP contribution in [0.1, 0.15) is 27.2 Å². The zero-order valence-electron chi connectivity index (χ0n) is 9.16. The highest BCUT2D eigenvalue weighted by molar-refractivity contribution is 4.90. The average molecular weight is 182 g/mol. The van der Waals surface area contributed by atoms with Gasteiger partial charge < -0.3 is 0 Å². The molecule has 0 aromatic carbocycles. The van der Waals surface area contributed by atoms with Crippen molar-refractivity contribution in [1.29, 1.82) is 0 Å². The second kappa shape index (κ2) is 3.58. The van der Waals surface area contributed by atoms with Gasteiger partial charge >= 0.3 is 0 Å². The molecular weight excluding hydrogens is 160 g/mol. The predicted octanol–water partition coefficient (Wildman–Crippen LogP) is 1.42. The highest BCUT2D eigenvalue weighted by Gasteiger charge is 2.34. The Labute approximate surface area is 81.9 Å². The van der Waals surface area contributed by atoms with Crippen molar-refractivity contribution in [3.05, 3.63) is 0 Å². The number of hydrogen-bond donors (Lipinski definition) is 0. The Bertz CT molecular complexity index is 173. The van der Waals surface area contributed by atoms with Crippen LogP contribution in [0.15, 0.2) is 0 Å². The molecule has 76 valence electrons. The summed E-state index contributed by atoms with van der Waals surface area (Å²) in [7, 11) is 0. The van der Waals surface area contributed by atoms with Gasteiger partial charge in [-0.25, -0.2) is 0 Å². The molecule has 13 heavy (non-hydrogen) atoms. The van der Waals surface area contributed by atoms with E-state index in [1.54, 1.807) is 0 Å². The second-order valence-corrected chi connectivity index (χ2v) is 5.09. The van der Waals surface area contributed by atoms with E-state index in [0.29, 0.717) is 0 Å². The van der Waals surface area contributed by atoms with E-state index < -0.39 is 0 Å². The third-order valence-corrected chi connectivity index (χ3v) is 3.53. The molecule has 2 heterocycles. The molecule has 0 N–H and O–H groups in total. The van der Waals surface area contributed by atoms with Gasteiger partial charge in [-0.15, -0.1) is 0 Å². The van der Waals surface area contributed by atoms with E-state index in [4.69, 9.17) is 0 Å². The average Bonchev–Trinajstić information content (AvgIpc) is 2.46. The summed E-state index contributed by atoms with van der Waals surface area (Å²) < 4.78 is 0. The fourth-order valence-corrected chi connectivity index (χ4v) is 2.58. The summed E-state index contributed by atoms with van der Waals surface area (Å²) in [6.45, 7) is 12.3. The molecule has 2 saturated heterocycles. The molecule has 2 heteroatoms. The Balaban J connectivity index is 1.78. The van der Waals surface area contributed by atoms with E-state index in [9.17, 15) is 0 Å². The standard InChI is InChI=1S/C11H22N2/c1-9(2)12-5-4-11(8-12)13-6-10(3)7-13/h9-11H,4-8H2,1-3H3. The Morgan fingerprint density at radius 3 is 2.31 bits per heavy atom. The van der Waals surface area contributed by atoms with E-state index in [1.807, 2.05) is 0 Å². The molecule has 1 atom stereocenters. The van der Waals surface area contributed by atoms with Gasteiger partial charge in [-0.05, 0) is 26.2 Å². The first-order valence-corrected chi connectivity index (χ1v) is 5.65. The molecule has 0 radical (unpaired) electrons. The van der Waals surface area contributed by atoms with Crippen LogP contribution in [-0.4, -0.2) is 48.1 Å². The van der Waals surface area contributed by atoms with Crippen LogP contribution in [0.25, 0.3) is 0 Å². The lowest BCUT2D eigenvalue weighted by atomic mass is 9.99. The van der Waals surface area contributed by atoms with E-state index in [2.05, 4.69) is 30.6 Å². The van der Waals surface area contributed by atoms with Gasteiger partial charge in [0.15, 0.2) is 0 Å². The Kier molecular flexibility index (Phi) is 2.61. The van der Waals surface area contributed by atoms with Crippen LogP contribution in [-0.2, 0) is 0 Å². The minimum Gasteiger partial charge on any atom is -0.299 e. The molecular formula is C11H22N2. The third kappa shape index (κ3) is 1.89. The molecule has 0 bridgehead atoms. The molecule has 2 aliphatic heterocycles. The van der Waals surface area contributed by atoms with Crippen molar-refractivity contribution in [3.8, 4) is 0 Å². The van der Waals surface area contributed by atoms with E-state index in [-0.39, 0.29) is 0 Å². The van der Waals surface area contributed by atoms with Crippen LogP contribution in [0, 0.1) is 5.92 Å². The molecule has 0 aromatic heterocycles. The normalized spacial score (nSPS) is 32.8. The number of likely N-dealkylation sites (tertiary alicyclic amines) is 2. The number of hydrogen-bond acceptors (Lipinski definition) is 2. The molecule has 0 aromatic rings. The van der Waals surface area contributed by atoms with Crippen LogP contribution in [0.2, 0.25) is 0 Å². The smallest absolute Gasteiger partial charge is 0.0235 e. The molecule has 0 saturated carbocycles. The van der Waals surface area contributed by atoms with Gasteiger partial charge in [0.2, 0.25) is 0 Å². The predicted molar refractivity (Wildman–Crippen MR) is 55.9 cm³/mol. The SMILES string of the molecule is CC1CN(C2CCN(C(C)C)C2)C1. The van der Waals surface area contributed by atoms with Gasteiger partial charge in [-0.2, -0.15) is 0 Å². The molecule has 2 fully saturated rings. The van der Waals surface area contributed by atoms with Gasteiger partial charge in [0, 0.05) is 38.3 Å². The monoisotopic (exact) mass is 182 g/mol. The Morgan fingerprint density at radius 2 is 1.85 bits per heavy atom. The largest absolute Gasteiger partial charge is 0.299 e. The van der Waals surface area contributed by atoms with Crippen LogP contribution in [0.3, 0.4) is 0 Å². The summed E-state index contributed by atoms with van der Waals surface area (Å²) in [5, 5.41) is 0. The summed E-state index contributed by atoms with van der Waals surface area (Å²) in [5.74, 6) is 0.952. The van der Waals surface area contributed by atoms with Crippen LogP contribution < -0.4 is 0 Å². The number of rotatable bonds is 2. The van der Waals surface area contributed by atoms with Crippen molar-refractivity contribution in [3.63, 3.8) is 0 Å². The maximum absolute atomic E-state index is 2.66. The summed E-state index contributed by atoms with van der Waals surface area (Å²) in [6, 6.07) is 1.61. The lowest BCUT2D eigenvalue weighted by Gasteiger charge is -2.41. The summed E-state index contributed by atoms with van der Waals surface area (Å²) in [6.07, 6.45) is 1.39. The van der Waals surface area contributed by atoms with Crippen molar-refractivity contribution >= 4 is 0 Å². The summed E-state index contributed by atoms with van der Waals surface area (Å²) >= 11 is 0. The fourth-order valence-electron chi connectivity index (χ4n) is 2.58. The first-order chi connectivity index (χ1) is 6.16. The molecule has 2 rings (SSSR count). The molecule has 0 aliphatic carbocycles. The Morgan fingerprint density at radius 1 is 1.15 bits per heavy atom. The fraction of sp³-hybridized carbons (Fsp3) is 1.00. The van der Waals surface area contributed by atoms with E-state index >= 15 is 0 Å². The van der Waals surface area contributed by atoms with Crippen LogP contribution in [0.4, 0.5) is 0 Å². The van der Waals surface area contributed by atoms with Crippen molar-refractivity contribution in [2.45, 2.75) is 39.3 Å². The first-order valence-electron chi connectivity index (χ1n) is 5.65. The lowest BCUT2D eigenvalue weighted by Crippen LogP contribution is -2.52. The molecule has 0 amide bonds. The Hall–Kier alpha value is -0.0800. The van der Waals surface area contributed by atoms with Gasteiger partial charge in [0.1, 0.15) is 0 Å². The maximum atomic E-state index is 2.66. The first kappa shape index (κ1) is 9.47. The molecule has 1 unspecified atom stereocenters. The van der Waals surface area contributed by atoms with Crippen LogP contribution in [0.5, 0.6) is 0 Å². The quantitative estimate of drug-likeness (QED) is 0.637.